The molecule has 258 valence electrons. The first-order valence-corrected chi connectivity index (χ1v) is 18.3. The standard InChI is InChI=1S/C27H40F6N8O4Si/c1-19(37-22-16-36-40(18-44-12-13-46(3,4)5)24(43)23(22)27(31,32)33)17-45-41(20(2)42)11-8-38-6-9-39(10-7-38)25-34-14-21(15-35-25)26(28,29)30/h14-16,19,37H,6-13,17-18H2,1-5H3/t19-/m0/s1. The molecule has 12 nitrogen and oxygen atoms in total. The van der Waals surface area contributed by atoms with Gasteiger partial charge in [0.15, 0.2) is 0 Å². The average molecular weight is 683 g/mol. The van der Waals surface area contributed by atoms with Gasteiger partial charge in [-0.25, -0.2) is 19.7 Å². The van der Waals surface area contributed by atoms with E-state index in [0.717, 1.165) is 29.7 Å². The summed E-state index contributed by atoms with van der Waals surface area (Å²) >= 11 is 0. The van der Waals surface area contributed by atoms with Crippen LogP contribution >= 0.6 is 0 Å². The summed E-state index contributed by atoms with van der Waals surface area (Å²) in [6.45, 7) is 11.4. The number of nitrogens with zero attached hydrogens (tertiary/aromatic N) is 7. The number of ether oxygens (including phenoxy) is 1. The van der Waals surface area contributed by atoms with Gasteiger partial charge < -0.3 is 15.0 Å². The number of anilines is 2. The Morgan fingerprint density at radius 3 is 2.22 bits per heavy atom. The lowest BCUT2D eigenvalue weighted by atomic mass is 10.2. The van der Waals surface area contributed by atoms with E-state index in [1.807, 2.05) is 4.90 Å². The molecule has 1 aliphatic rings. The highest BCUT2D eigenvalue weighted by molar-refractivity contribution is 6.76. The second-order valence-electron chi connectivity index (χ2n) is 12.1. The van der Waals surface area contributed by atoms with Crippen molar-refractivity contribution in [2.45, 2.75) is 64.7 Å². The van der Waals surface area contributed by atoms with Crippen LogP contribution in [0.3, 0.4) is 0 Å². The number of piperazine rings is 1. The molecular weight excluding hydrogens is 642 g/mol. The van der Waals surface area contributed by atoms with Gasteiger partial charge in [0.1, 0.15) is 12.3 Å². The fourth-order valence-corrected chi connectivity index (χ4v) is 5.11. The molecule has 0 spiro atoms. The summed E-state index contributed by atoms with van der Waals surface area (Å²) in [4.78, 5) is 41.9. The van der Waals surface area contributed by atoms with E-state index in [1.165, 1.54) is 13.8 Å². The van der Waals surface area contributed by atoms with Gasteiger partial charge in [-0.3, -0.25) is 19.3 Å². The van der Waals surface area contributed by atoms with E-state index in [9.17, 15) is 35.9 Å². The number of alkyl halides is 6. The zero-order chi connectivity index (χ0) is 34.3. The lowest BCUT2D eigenvalue weighted by molar-refractivity contribution is -0.186. The van der Waals surface area contributed by atoms with Crippen LogP contribution in [0.1, 0.15) is 25.0 Å². The van der Waals surface area contributed by atoms with Gasteiger partial charge in [-0.2, -0.15) is 31.4 Å². The van der Waals surface area contributed by atoms with Crippen molar-refractivity contribution in [1.82, 2.24) is 29.7 Å². The number of amides is 1. The molecule has 1 saturated heterocycles. The minimum atomic E-state index is -4.96. The second kappa shape index (κ2) is 15.5. The van der Waals surface area contributed by atoms with Crippen LogP contribution in [0, 0.1) is 0 Å². The fraction of sp³-hybridized carbons (Fsp3) is 0.667. The molecule has 1 atom stereocenters. The van der Waals surface area contributed by atoms with E-state index < -0.39 is 61.5 Å². The molecule has 0 aromatic carbocycles. The third-order valence-electron chi connectivity index (χ3n) is 7.01. The predicted octanol–water partition coefficient (Wildman–Crippen LogP) is 3.79. The van der Waals surface area contributed by atoms with Gasteiger partial charge in [0.05, 0.1) is 30.6 Å². The van der Waals surface area contributed by atoms with Crippen molar-refractivity contribution >= 4 is 25.6 Å². The molecule has 2 aromatic heterocycles. The summed E-state index contributed by atoms with van der Waals surface area (Å²) in [5.41, 5.74) is -4.19. The Kier molecular flexibility index (Phi) is 12.5. The molecule has 3 heterocycles. The van der Waals surface area contributed by atoms with Gasteiger partial charge in [0.2, 0.25) is 11.9 Å². The molecule has 3 rings (SSSR count). The molecule has 1 fully saturated rings. The monoisotopic (exact) mass is 682 g/mol. The lowest BCUT2D eigenvalue weighted by Crippen LogP contribution is -2.49. The number of hydrogen-bond acceptors (Lipinski definition) is 10. The van der Waals surface area contributed by atoms with Crippen LogP contribution in [0.4, 0.5) is 38.0 Å². The molecular formula is C27H40F6N8O4Si. The Hall–Kier alpha value is -3.29. The zero-order valence-corrected chi connectivity index (χ0v) is 27.4. The molecule has 1 aliphatic heterocycles. The quantitative estimate of drug-likeness (QED) is 0.137. The van der Waals surface area contributed by atoms with E-state index in [4.69, 9.17) is 9.57 Å². The number of carbonyl (C=O) groups is 1. The number of rotatable bonds is 14. The number of aromatic nitrogens is 4. The van der Waals surface area contributed by atoms with E-state index in [-0.39, 0.29) is 19.1 Å². The lowest BCUT2D eigenvalue weighted by Gasteiger charge is -2.35. The predicted molar refractivity (Wildman–Crippen MR) is 160 cm³/mol. The number of nitrogens with one attached hydrogen (secondary N) is 1. The molecule has 1 amide bonds. The van der Waals surface area contributed by atoms with Crippen LogP contribution in [0.15, 0.2) is 23.4 Å². The zero-order valence-electron chi connectivity index (χ0n) is 26.4. The van der Waals surface area contributed by atoms with E-state index in [2.05, 4.69) is 40.0 Å². The highest BCUT2D eigenvalue weighted by Crippen LogP contribution is 2.32. The summed E-state index contributed by atoms with van der Waals surface area (Å²) in [5.74, 6) is -0.229. The molecule has 1 N–H and O–H groups in total. The molecule has 0 bridgehead atoms. The maximum absolute atomic E-state index is 13.9. The average Bonchev–Trinajstić information content (AvgIpc) is 2.95. The van der Waals surface area contributed by atoms with E-state index in [0.29, 0.717) is 44.0 Å². The third-order valence-corrected chi connectivity index (χ3v) is 8.71. The Labute approximate surface area is 263 Å². The Balaban J connectivity index is 1.51. The number of hydroxylamine groups is 2. The van der Waals surface area contributed by atoms with Crippen LogP contribution in [0.5, 0.6) is 0 Å². The Morgan fingerprint density at radius 1 is 1.04 bits per heavy atom. The van der Waals surface area contributed by atoms with Crippen molar-refractivity contribution in [2.24, 2.45) is 0 Å². The molecule has 2 aromatic rings. The minimum absolute atomic E-state index is 0.155. The van der Waals surface area contributed by atoms with Gasteiger partial charge in [-0.15, -0.1) is 0 Å². The summed E-state index contributed by atoms with van der Waals surface area (Å²) in [7, 11) is -1.43. The fourth-order valence-electron chi connectivity index (χ4n) is 4.35. The van der Waals surface area contributed by atoms with Crippen molar-refractivity contribution in [2.75, 3.05) is 62.7 Å². The van der Waals surface area contributed by atoms with E-state index in [1.54, 1.807) is 4.90 Å². The highest BCUT2D eigenvalue weighted by Gasteiger charge is 2.38. The molecule has 0 aliphatic carbocycles. The van der Waals surface area contributed by atoms with Gasteiger partial charge in [-0.05, 0) is 13.0 Å². The smallest absolute Gasteiger partial charge is 0.378 e. The first kappa shape index (κ1) is 37.2. The number of halogens is 6. The van der Waals surface area contributed by atoms with Crippen molar-refractivity contribution in [3.63, 3.8) is 0 Å². The first-order chi connectivity index (χ1) is 21.3. The third kappa shape index (κ3) is 11.2. The van der Waals surface area contributed by atoms with Gasteiger partial charge >= 0.3 is 12.4 Å². The maximum Gasteiger partial charge on any atom is 0.423 e. The molecule has 19 heteroatoms. The van der Waals surface area contributed by atoms with Crippen LogP contribution in [0.2, 0.25) is 25.7 Å². The van der Waals surface area contributed by atoms with Gasteiger partial charge in [-0.1, -0.05) is 19.6 Å². The maximum atomic E-state index is 13.9. The topological polar surface area (TPSA) is 118 Å². The van der Waals surface area contributed by atoms with Crippen molar-refractivity contribution < 1.29 is 40.7 Å². The van der Waals surface area contributed by atoms with Crippen LogP contribution in [0.25, 0.3) is 0 Å². The van der Waals surface area contributed by atoms with Crippen molar-refractivity contribution in [3.8, 4) is 0 Å². The Morgan fingerprint density at radius 2 is 1.67 bits per heavy atom. The summed E-state index contributed by atoms with van der Waals surface area (Å²) in [6.07, 6.45) is -7.08. The first-order valence-electron chi connectivity index (χ1n) is 14.6. The van der Waals surface area contributed by atoms with Crippen LogP contribution < -0.4 is 15.8 Å². The minimum Gasteiger partial charge on any atom is -0.378 e. The number of carbonyl (C=O) groups excluding carboxylic acids is 1. The van der Waals surface area contributed by atoms with Crippen molar-refractivity contribution in [1.29, 1.82) is 0 Å². The summed E-state index contributed by atoms with van der Waals surface area (Å²) in [5, 5.41) is 7.56. The van der Waals surface area contributed by atoms with Crippen molar-refractivity contribution in [3.05, 3.63) is 40.1 Å². The van der Waals surface area contributed by atoms with Crippen LogP contribution in [-0.2, 0) is 33.5 Å². The Bertz CT molecular complexity index is 1350. The van der Waals surface area contributed by atoms with Crippen LogP contribution in [-0.4, -0.2) is 102 Å². The molecule has 46 heavy (non-hydrogen) atoms. The summed E-state index contributed by atoms with van der Waals surface area (Å²) in [6, 6.07) is 0.0283. The van der Waals surface area contributed by atoms with Gasteiger partial charge in [0, 0.05) is 72.8 Å². The SMILES string of the molecule is CC(=O)N(CCN1CCN(c2ncc(C(F)(F)F)cn2)CC1)OC[C@H](C)Nc1cnn(COCC[Si](C)(C)C)c(=O)c1C(F)(F)F. The van der Waals surface area contributed by atoms with E-state index >= 15 is 0 Å². The van der Waals surface area contributed by atoms with Gasteiger partial charge in [0.25, 0.3) is 5.56 Å². The normalized spacial score (nSPS) is 15.6. The largest absolute Gasteiger partial charge is 0.423 e. The molecule has 0 unspecified atom stereocenters. The molecule has 0 saturated carbocycles. The molecule has 0 radical (unpaired) electrons. The number of hydrogen-bond donors (Lipinski definition) is 1. The second-order valence-corrected chi connectivity index (χ2v) is 17.8. The highest BCUT2D eigenvalue weighted by atomic mass is 28.3. The summed E-state index contributed by atoms with van der Waals surface area (Å²) < 4.78 is 86.1.